The van der Waals surface area contributed by atoms with Crippen molar-refractivity contribution in [3.8, 4) is 22.5 Å². The molecular weight excluding hydrogens is 504 g/mol. The maximum absolute atomic E-state index is 13.1. The van der Waals surface area contributed by atoms with Crippen molar-refractivity contribution in [2.45, 2.75) is 70.8 Å². The molecule has 2 aliphatic carbocycles. The summed E-state index contributed by atoms with van der Waals surface area (Å²) < 4.78 is 7.27. The standard InChI is InChI=1S/C30H32N8O2/c1-16-23(17(2)38(4)36-16)25-33-24-21(11-14-31-26(24)34-25)19-9-10-20-18(15-19)7-5-6-8-22(20)32-28(39)27-35-29(40-37-27)30(3)12-13-30/h9-11,14-15,22H,5-8,12-13H2,1-4H3,(H,32,39)(H,31,33,34). The van der Waals surface area contributed by atoms with Gasteiger partial charge in [0, 0.05) is 29.9 Å². The van der Waals surface area contributed by atoms with Crippen molar-refractivity contribution in [1.29, 1.82) is 0 Å². The van der Waals surface area contributed by atoms with Gasteiger partial charge in [-0.05, 0) is 68.7 Å². The molecule has 204 valence electrons. The molecule has 1 fully saturated rings. The summed E-state index contributed by atoms with van der Waals surface area (Å²) >= 11 is 0. The first-order valence-electron chi connectivity index (χ1n) is 13.9. The molecule has 5 aromatic rings. The number of amides is 1. The van der Waals surface area contributed by atoms with E-state index in [1.807, 2.05) is 31.6 Å². The molecule has 0 spiro atoms. The molecule has 0 bridgehead atoms. The van der Waals surface area contributed by atoms with Crippen LogP contribution in [0.5, 0.6) is 0 Å². The maximum Gasteiger partial charge on any atom is 0.293 e. The number of aromatic nitrogens is 7. The smallest absolute Gasteiger partial charge is 0.293 e. The first-order chi connectivity index (χ1) is 19.3. The second-order valence-electron chi connectivity index (χ2n) is 11.5. The highest BCUT2D eigenvalue weighted by Gasteiger charge is 2.45. The van der Waals surface area contributed by atoms with Crippen molar-refractivity contribution in [3.63, 3.8) is 0 Å². The molecule has 0 aliphatic heterocycles. The molecule has 40 heavy (non-hydrogen) atoms. The number of benzene rings is 1. The number of imidazole rings is 1. The first kappa shape index (κ1) is 24.7. The van der Waals surface area contributed by atoms with Gasteiger partial charge < -0.3 is 14.8 Å². The van der Waals surface area contributed by atoms with Crippen LogP contribution in [-0.2, 0) is 18.9 Å². The largest absolute Gasteiger partial charge is 0.342 e. The fourth-order valence-electron chi connectivity index (χ4n) is 5.87. The molecule has 1 saturated carbocycles. The van der Waals surface area contributed by atoms with E-state index in [9.17, 15) is 4.79 Å². The molecule has 2 N–H and O–H groups in total. The number of aryl methyl sites for hydroxylation is 3. The fourth-order valence-corrected chi connectivity index (χ4v) is 5.87. The minimum absolute atomic E-state index is 0.0692. The highest BCUT2D eigenvalue weighted by atomic mass is 16.5. The Morgan fingerprint density at radius 2 is 2.02 bits per heavy atom. The summed E-state index contributed by atoms with van der Waals surface area (Å²) in [6, 6.07) is 8.44. The van der Waals surface area contributed by atoms with Crippen molar-refractivity contribution in [3.05, 3.63) is 64.7 Å². The predicted molar refractivity (Wildman–Crippen MR) is 150 cm³/mol. The van der Waals surface area contributed by atoms with Crippen LogP contribution in [-0.4, -0.2) is 40.8 Å². The number of nitrogens with zero attached hydrogens (tertiary/aromatic N) is 6. The summed E-state index contributed by atoms with van der Waals surface area (Å²) in [5, 5.41) is 11.7. The SMILES string of the molecule is Cc1nn(C)c(C)c1-c1nc2nccc(-c3ccc4c(c3)CCCCC4NC(=O)c3noc(C4(C)CC4)n3)c2[nH]1. The van der Waals surface area contributed by atoms with Gasteiger partial charge in [0.25, 0.3) is 11.7 Å². The molecular formula is C30H32N8O2. The molecule has 0 radical (unpaired) electrons. The number of pyridine rings is 1. The number of hydrogen-bond donors (Lipinski definition) is 2. The number of fused-ring (bicyclic) bond motifs is 2. The Balaban J connectivity index is 1.20. The molecule has 4 heterocycles. The Hall–Kier alpha value is -4.34. The van der Waals surface area contributed by atoms with E-state index >= 15 is 0 Å². The fraction of sp³-hybridized carbons (Fsp3) is 0.400. The van der Waals surface area contributed by atoms with E-state index in [4.69, 9.17) is 9.51 Å². The van der Waals surface area contributed by atoms with E-state index in [1.165, 1.54) is 5.56 Å². The Morgan fingerprint density at radius 1 is 1.18 bits per heavy atom. The molecule has 10 nitrogen and oxygen atoms in total. The van der Waals surface area contributed by atoms with Gasteiger partial charge in [-0.15, -0.1) is 0 Å². The molecule has 4 aromatic heterocycles. The van der Waals surface area contributed by atoms with Gasteiger partial charge in [-0.2, -0.15) is 10.1 Å². The number of nitrogens with one attached hydrogen (secondary N) is 2. The van der Waals surface area contributed by atoms with Gasteiger partial charge in [-0.25, -0.2) is 9.97 Å². The van der Waals surface area contributed by atoms with Crippen LogP contribution in [0.1, 0.15) is 84.1 Å². The van der Waals surface area contributed by atoms with E-state index in [0.717, 1.165) is 83.5 Å². The van der Waals surface area contributed by atoms with Crippen LogP contribution < -0.4 is 5.32 Å². The van der Waals surface area contributed by atoms with E-state index in [2.05, 4.69) is 55.6 Å². The molecule has 1 atom stereocenters. The van der Waals surface area contributed by atoms with Crippen LogP contribution in [0.3, 0.4) is 0 Å². The third kappa shape index (κ3) is 4.09. The number of hydrogen-bond acceptors (Lipinski definition) is 7. The lowest BCUT2D eigenvalue weighted by molar-refractivity contribution is 0.0921. The minimum Gasteiger partial charge on any atom is -0.342 e. The van der Waals surface area contributed by atoms with Gasteiger partial charge in [0.1, 0.15) is 5.82 Å². The molecule has 2 aliphatic rings. The van der Waals surface area contributed by atoms with Crippen molar-refractivity contribution in [2.24, 2.45) is 7.05 Å². The van der Waals surface area contributed by atoms with Crippen LogP contribution in [0, 0.1) is 13.8 Å². The number of carbonyl (C=O) groups is 1. The first-order valence-corrected chi connectivity index (χ1v) is 13.9. The van der Waals surface area contributed by atoms with Crippen LogP contribution >= 0.6 is 0 Å². The highest BCUT2D eigenvalue weighted by molar-refractivity contribution is 5.92. The Labute approximate surface area is 231 Å². The highest BCUT2D eigenvalue weighted by Crippen LogP contribution is 2.46. The summed E-state index contributed by atoms with van der Waals surface area (Å²) in [6.45, 7) is 6.13. The summed E-state index contributed by atoms with van der Waals surface area (Å²) in [7, 11) is 1.94. The number of H-pyrrole nitrogens is 1. The second-order valence-corrected chi connectivity index (χ2v) is 11.5. The molecule has 1 amide bonds. The zero-order valence-corrected chi connectivity index (χ0v) is 23.2. The minimum atomic E-state index is -0.289. The van der Waals surface area contributed by atoms with Gasteiger partial charge in [-0.3, -0.25) is 9.48 Å². The van der Waals surface area contributed by atoms with Crippen molar-refractivity contribution >= 4 is 17.1 Å². The molecule has 0 saturated heterocycles. The lowest BCUT2D eigenvalue weighted by Crippen LogP contribution is -2.29. The van der Waals surface area contributed by atoms with Gasteiger partial charge in [0.15, 0.2) is 5.65 Å². The lowest BCUT2D eigenvalue weighted by Gasteiger charge is -2.19. The van der Waals surface area contributed by atoms with Crippen LogP contribution in [0.25, 0.3) is 33.7 Å². The van der Waals surface area contributed by atoms with Gasteiger partial charge >= 0.3 is 0 Å². The van der Waals surface area contributed by atoms with Crippen LogP contribution in [0.15, 0.2) is 35.0 Å². The third-order valence-electron chi connectivity index (χ3n) is 8.61. The molecule has 1 unspecified atom stereocenters. The van der Waals surface area contributed by atoms with Gasteiger partial charge in [0.05, 0.1) is 22.8 Å². The van der Waals surface area contributed by atoms with Crippen LogP contribution in [0.4, 0.5) is 0 Å². The quantitative estimate of drug-likeness (QED) is 0.293. The number of carbonyl (C=O) groups excluding carboxylic acids is 1. The molecule has 1 aromatic carbocycles. The Morgan fingerprint density at radius 3 is 2.80 bits per heavy atom. The zero-order chi connectivity index (χ0) is 27.6. The molecule has 7 rings (SSSR count). The summed E-state index contributed by atoms with van der Waals surface area (Å²) in [5.74, 6) is 1.15. The number of aromatic amines is 1. The topological polar surface area (TPSA) is 127 Å². The summed E-state index contributed by atoms with van der Waals surface area (Å²) in [5.41, 5.74) is 9.01. The summed E-state index contributed by atoms with van der Waals surface area (Å²) in [4.78, 5) is 30.4. The van der Waals surface area contributed by atoms with E-state index < -0.39 is 0 Å². The van der Waals surface area contributed by atoms with Crippen molar-refractivity contribution in [2.75, 3.05) is 0 Å². The van der Waals surface area contributed by atoms with Crippen LogP contribution in [0.2, 0.25) is 0 Å². The summed E-state index contributed by atoms with van der Waals surface area (Å²) in [6.07, 6.45) is 7.75. The predicted octanol–water partition coefficient (Wildman–Crippen LogP) is 5.27. The lowest BCUT2D eigenvalue weighted by atomic mass is 9.94. The van der Waals surface area contributed by atoms with Gasteiger partial charge in [-0.1, -0.05) is 36.7 Å². The monoisotopic (exact) mass is 536 g/mol. The van der Waals surface area contributed by atoms with Crippen molar-refractivity contribution < 1.29 is 9.32 Å². The van der Waals surface area contributed by atoms with E-state index in [1.54, 1.807) is 6.20 Å². The normalized spacial score (nSPS) is 17.9. The Bertz CT molecular complexity index is 1770. The zero-order valence-electron chi connectivity index (χ0n) is 23.2. The maximum atomic E-state index is 13.1. The third-order valence-corrected chi connectivity index (χ3v) is 8.61. The molecule has 10 heteroatoms. The number of rotatable bonds is 5. The van der Waals surface area contributed by atoms with E-state index in [0.29, 0.717) is 11.5 Å². The second kappa shape index (κ2) is 9.11. The average molecular weight is 537 g/mol. The Kier molecular flexibility index (Phi) is 5.62. The van der Waals surface area contributed by atoms with Gasteiger partial charge in [0.2, 0.25) is 5.89 Å². The van der Waals surface area contributed by atoms with E-state index in [-0.39, 0.29) is 23.2 Å². The van der Waals surface area contributed by atoms with Crippen molar-refractivity contribution in [1.82, 2.24) is 40.2 Å². The average Bonchev–Trinajstić information content (AvgIpc) is 3.25.